The lowest BCUT2D eigenvalue weighted by Crippen LogP contribution is -2.10. The zero-order valence-corrected chi connectivity index (χ0v) is 14.6. The third kappa shape index (κ3) is 18.3. The van der Waals surface area contributed by atoms with Crippen LogP contribution in [0.4, 0.5) is 0 Å². The Labute approximate surface area is 148 Å². The summed E-state index contributed by atoms with van der Waals surface area (Å²) in [5.41, 5.74) is 0. The van der Waals surface area contributed by atoms with Crippen molar-refractivity contribution in [3.05, 3.63) is 25.5 Å². The van der Waals surface area contributed by atoms with Crippen LogP contribution in [0.3, 0.4) is 0 Å². The van der Waals surface area contributed by atoms with E-state index >= 15 is 0 Å². The minimum atomic E-state index is -0.447. The first kappa shape index (κ1) is 23.1. The van der Waals surface area contributed by atoms with Gasteiger partial charge >= 0.3 is 11.9 Å². The monoisotopic (exact) mass is 360 g/mol. The van der Waals surface area contributed by atoms with Crippen LogP contribution in [0.25, 0.3) is 0 Å². The van der Waals surface area contributed by atoms with E-state index in [9.17, 15) is 9.59 Å². The lowest BCUT2D eigenvalue weighted by molar-refractivity contribution is -0.145. The molecule has 0 fully saturated rings. The van der Waals surface area contributed by atoms with E-state index in [2.05, 4.69) is 13.2 Å². The Morgan fingerprint density at radius 3 is 2.00 bits per heavy atom. The van der Waals surface area contributed by atoms with Crippen LogP contribution < -0.4 is 0 Å². The largest absolute Gasteiger partial charge is 0.476 e. The van der Waals surface area contributed by atoms with Crippen molar-refractivity contribution in [2.75, 3.05) is 46.6 Å². The highest BCUT2D eigenvalue weighted by molar-refractivity contribution is 5.81. The van der Waals surface area contributed by atoms with Crippen LogP contribution >= 0.6 is 0 Å². The van der Waals surface area contributed by atoms with Gasteiger partial charge in [0.1, 0.15) is 6.79 Å². The summed E-state index contributed by atoms with van der Waals surface area (Å²) in [4.78, 5) is 22.2. The molecule has 0 bridgehead atoms. The standard InChI is InChI=1S/C17H28O8/c1-3-16(18)24-12-6-11-23-15-21-9-5-8-17(19)25-13-7-10-22-14-20-4-2/h3-4H,1-2,5-15H2. The van der Waals surface area contributed by atoms with E-state index in [1.54, 1.807) is 0 Å². The van der Waals surface area contributed by atoms with Crippen molar-refractivity contribution in [3.63, 3.8) is 0 Å². The van der Waals surface area contributed by atoms with Crippen LogP contribution in [-0.2, 0) is 38.0 Å². The van der Waals surface area contributed by atoms with Gasteiger partial charge in [-0.15, -0.1) is 0 Å². The molecule has 0 spiro atoms. The first-order valence-corrected chi connectivity index (χ1v) is 8.11. The second kappa shape index (κ2) is 18.4. The molecule has 0 saturated carbocycles. The van der Waals surface area contributed by atoms with Crippen molar-refractivity contribution in [1.82, 2.24) is 0 Å². The molecule has 8 heteroatoms. The smallest absolute Gasteiger partial charge is 0.330 e. The first-order valence-electron chi connectivity index (χ1n) is 8.11. The number of hydrogen-bond acceptors (Lipinski definition) is 8. The molecule has 0 amide bonds. The number of hydrogen-bond donors (Lipinski definition) is 0. The van der Waals surface area contributed by atoms with E-state index in [4.69, 9.17) is 28.4 Å². The molecule has 0 aliphatic heterocycles. The molecular formula is C17H28O8. The lowest BCUT2D eigenvalue weighted by Gasteiger charge is -2.07. The molecule has 0 aliphatic carbocycles. The van der Waals surface area contributed by atoms with E-state index in [1.165, 1.54) is 6.26 Å². The fourth-order valence-corrected chi connectivity index (χ4v) is 1.46. The molecule has 0 radical (unpaired) electrons. The minimum Gasteiger partial charge on any atom is -0.476 e. The second-order valence-corrected chi connectivity index (χ2v) is 4.70. The van der Waals surface area contributed by atoms with Crippen LogP contribution in [-0.4, -0.2) is 58.6 Å². The predicted octanol–water partition coefficient (Wildman–Crippen LogP) is 1.94. The highest BCUT2D eigenvalue weighted by Gasteiger charge is 2.02. The van der Waals surface area contributed by atoms with E-state index < -0.39 is 5.97 Å². The predicted molar refractivity (Wildman–Crippen MR) is 89.5 cm³/mol. The van der Waals surface area contributed by atoms with Crippen LogP contribution in [0.1, 0.15) is 25.7 Å². The molecule has 0 unspecified atom stereocenters. The molecule has 0 atom stereocenters. The van der Waals surface area contributed by atoms with E-state index in [1.807, 2.05) is 0 Å². The SMILES string of the molecule is C=COCOCCCOC(=O)CCCOCOCCCOC(=O)C=C. The summed E-state index contributed by atoms with van der Waals surface area (Å²) in [7, 11) is 0. The van der Waals surface area contributed by atoms with Crippen molar-refractivity contribution in [3.8, 4) is 0 Å². The fourth-order valence-electron chi connectivity index (χ4n) is 1.46. The van der Waals surface area contributed by atoms with Crippen molar-refractivity contribution in [2.45, 2.75) is 25.7 Å². The second-order valence-electron chi connectivity index (χ2n) is 4.70. The zero-order valence-electron chi connectivity index (χ0n) is 14.6. The summed E-state index contributed by atoms with van der Waals surface area (Å²) in [6.45, 7) is 8.83. The Hall–Kier alpha value is -1.90. The van der Waals surface area contributed by atoms with Gasteiger partial charge in [0.15, 0.2) is 6.79 Å². The highest BCUT2D eigenvalue weighted by Crippen LogP contribution is 1.96. The van der Waals surface area contributed by atoms with Gasteiger partial charge in [-0.25, -0.2) is 4.79 Å². The minimum absolute atomic E-state index is 0.134. The van der Waals surface area contributed by atoms with Gasteiger partial charge < -0.3 is 28.4 Å². The van der Waals surface area contributed by atoms with Gasteiger partial charge in [-0.05, 0) is 6.42 Å². The van der Waals surface area contributed by atoms with Gasteiger partial charge in [0.05, 0.1) is 32.7 Å². The normalized spacial score (nSPS) is 10.1. The van der Waals surface area contributed by atoms with Gasteiger partial charge in [-0.2, -0.15) is 0 Å². The molecule has 0 heterocycles. The number of esters is 2. The molecule has 0 aromatic rings. The lowest BCUT2D eigenvalue weighted by atomic mass is 10.3. The van der Waals surface area contributed by atoms with Crippen molar-refractivity contribution in [2.24, 2.45) is 0 Å². The van der Waals surface area contributed by atoms with Gasteiger partial charge in [0, 0.05) is 31.9 Å². The Kier molecular flexibility index (Phi) is 17.0. The highest BCUT2D eigenvalue weighted by atomic mass is 16.7. The summed E-state index contributed by atoms with van der Waals surface area (Å²) in [5, 5.41) is 0. The average Bonchev–Trinajstić information content (AvgIpc) is 2.62. The maximum Gasteiger partial charge on any atom is 0.330 e. The first-order chi connectivity index (χ1) is 12.2. The van der Waals surface area contributed by atoms with Crippen LogP contribution in [0.5, 0.6) is 0 Å². The van der Waals surface area contributed by atoms with Crippen LogP contribution in [0.2, 0.25) is 0 Å². The Balaban J connectivity index is 3.20. The molecule has 25 heavy (non-hydrogen) atoms. The molecule has 0 aromatic carbocycles. The van der Waals surface area contributed by atoms with E-state index in [-0.39, 0.29) is 32.6 Å². The zero-order chi connectivity index (χ0) is 18.6. The number of carbonyl (C=O) groups excluding carboxylic acids is 2. The summed E-state index contributed by atoms with van der Waals surface area (Å²) in [6.07, 6.45) is 4.45. The maximum atomic E-state index is 11.4. The average molecular weight is 360 g/mol. The third-order valence-corrected chi connectivity index (χ3v) is 2.65. The third-order valence-electron chi connectivity index (χ3n) is 2.65. The van der Waals surface area contributed by atoms with Crippen molar-refractivity contribution >= 4 is 11.9 Å². The molecule has 0 N–H and O–H groups in total. The number of carbonyl (C=O) groups is 2. The van der Waals surface area contributed by atoms with Gasteiger partial charge in [0.2, 0.25) is 0 Å². The molecule has 144 valence electrons. The van der Waals surface area contributed by atoms with E-state index in [0.717, 1.165) is 6.08 Å². The summed E-state index contributed by atoms with van der Waals surface area (Å²) < 4.78 is 30.1. The summed E-state index contributed by atoms with van der Waals surface area (Å²) in [6, 6.07) is 0. The maximum absolute atomic E-state index is 11.4. The summed E-state index contributed by atoms with van der Waals surface area (Å²) >= 11 is 0. The van der Waals surface area contributed by atoms with Gasteiger partial charge in [-0.1, -0.05) is 13.2 Å². The summed E-state index contributed by atoms with van der Waals surface area (Å²) in [5.74, 6) is -0.715. The Morgan fingerprint density at radius 2 is 1.36 bits per heavy atom. The molecule has 0 aromatic heterocycles. The van der Waals surface area contributed by atoms with Crippen LogP contribution in [0, 0.1) is 0 Å². The topological polar surface area (TPSA) is 89.5 Å². The van der Waals surface area contributed by atoms with Crippen molar-refractivity contribution < 1.29 is 38.0 Å². The molecule has 0 saturated heterocycles. The Morgan fingerprint density at radius 1 is 0.760 bits per heavy atom. The van der Waals surface area contributed by atoms with E-state index in [0.29, 0.717) is 45.7 Å². The van der Waals surface area contributed by atoms with Crippen LogP contribution in [0.15, 0.2) is 25.5 Å². The fraction of sp³-hybridized carbons (Fsp3) is 0.647. The molecule has 0 aliphatic rings. The molecule has 0 rings (SSSR count). The van der Waals surface area contributed by atoms with Gasteiger partial charge in [-0.3, -0.25) is 4.79 Å². The quantitative estimate of drug-likeness (QED) is 0.120. The van der Waals surface area contributed by atoms with Gasteiger partial charge in [0.25, 0.3) is 0 Å². The van der Waals surface area contributed by atoms with Crippen molar-refractivity contribution in [1.29, 1.82) is 0 Å². The Bertz CT molecular complexity index is 370. The number of ether oxygens (including phenoxy) is 6. The number of rotatable bonds is 18. The molecular weight excluding hydrogens is 332 g/mol. The molecule has 8 nitrogen and oxygen atoms in total.